The van der Waals surface area contributed by atoms with E-state index in [0.717, 1.165) is 57.8 Å². The summed E-state index contributed by atoms with van der Waals surface area (Å²) in [5.41, 5.74) is 0. The number of rotatable bonds is 8. The van der Waals surface area contributed by atoms with Crippen molar-refractivity contribution >= 4 is 5.96 Å². The molecule has 1 unspecified atom stereocenters. The second kappa shape index (κ2) is 11.8. The number of likely N-dealkylation sites (tertiary alicyclic amines) is 1. The lowest BCUT2D eigenvalue weighted by molar-refractivity contribution is -0.0261. The van der Waals surface area contributed by atoms with Gasteiger partial charge in [0.1, 0.15) is 0 Å². The summed E-state index contributed by atoms with van der Waals surface area (Å²) in [5, 5.41) is 6.89. The van der Waals surface area contributed by atoms with Crippen LogP contribution in [0.5, 0.6) is 0 Å². The van der Waals surface area contributed by atoms with Gasteiger partial charge in [-0.3, -0.25) is 9.89 Å². The maximum atomic E-state index is 5.92. The van der Waals surface area contributed by atoms with E-state index in [0.29, 0.717) is 5.92 Å². The third kappa shape index (κ3) is 8.23. The van der Waals surface area contributed by atoms with Gasteiger partial charge in [0, 0.05) is 32.7 Å². The molecule has 26 heavy (non-hydrogen) atoms. The zero-order valence-corrected chi connectivity index (χ0v) is 17.5. The minimum Gasteiger partial charge on any atom is -0.374 e. The highest BCUT2D eigenvalue weighted by Gasteiger charge is 2.21. The van der Waals surface area contributed by atoms with E-state index in [9.17, 15) is 0 Å². The summed E-state index contributed by atoms with van der Waals surface area (Å²) in [6, 6.07) is 0. The van der Waals surface area contributed by atoms with Gasteiger partial charge >= 0.3 is 0 Å². The Labute approximate surface area is 160 Å². The number of nitrogens with one attached hydrogen (secondary N) is 2. The number of piperidine rings is 1. The summed E-state index contributed by atoms with van der Waals surface area (Å²) in [6.07, 6.45) is 4.10. The van der Waals surface area contributed by atoms with Crippen LogP contribution in [0.2, 0.25) is 0 Å². The molecule has 2 N–H and O–H groups in total. The summed E-state index contributed by atoms with van der Waals surface area (Å²) in [5.74, 6) is 2.49. The minimum atomic E-state index is 0.215. The molecule has 0 bridgehead atoms. The molecule has 0 saturated carbocycles. The number of nitrogens with zero attached hydrogens (tertiary/aromatic N) is 3. The number of hydrogen-bond acceptors (Lipinski definition) is 4. The number of hydrogen-bond donors (Lipinski definition) is 2. The topological polar surface area (TPSA) is 52.1 Å². The molecule has 0 aliphatic carbocycles. The van der Waals surface area contributed by atoms with Gasteiger partial charge in [-0.25, -0.2) is 0 Å². The average molecular weight is 368 g/mol. The molecule has 6 nitrogen and oxygen atoms in total. The Morgan fingerprint density at radius 2 is 1.96 bits per heavy atom. The molecular weight excluding hydrogens is 326 g/mol. The van der Waals surface area contributed by atoms with E-state index in [1.54, 1.807) is 0 Å². The molecular formula is C20H41N5O. The van der Waals surface area contributed by atoms with Gasteiger partial charge in [-0.1, -0.05) is 13.8 Å². The third-order valence-electron chi connectivity index (χ3n) is 5.33. The molecule has 2 heterocycles. The van der Waals surface area contributed by atoms with Gasteiger partial charge in [-0.05, 0) is 58.2 Å². The van der Waals surface area contributed by atoms with Crippen LogP contribution < -0.4 is 10.6 Å². The Balaban J connectivity index is 1.71. The van der Waals surface area contributed by atoms with Crippen molar-refractivity contribution in [3.8, 4) is 0 Å². The molecule has 0 amide bonds. The zero-order valence-electron chi connectivity index (χ0n) is 17.5. The van der Waals surface area contributed by atoms with Crippen LogP contribution >= 0.6 is 0 Å². The summed E-state index contributed by atoms with van der Waals surface area (Å²) in [7, 11) is 2.22. The van der Waals surface area contributed by atoms with E-state index in [1.165, 1.54) is 32.4 Å². The first kappa shape index (κ1) is 21.5. The number of aliphatic imine (C=N–C) groups is 1. The van der Waals surface area contributed by atoms with Gasteiger partial charge < -0.3 is 20.3 Å². The van der Waals surface area contributed by atoms with Crippen LogP contribution in [0.1, 0.15) is 40.0 Å². The molecule has 2 aliphatic rings. The van der Waals surface area contributed by atoms with E-state index >= 15 is 0 Å². The highest BCUT2D eigenvalue weighted by molar-refractivity contribution is 5.79. The predicted molar refractivity (Wildman–Crippen MR) is 110 cm³/mol. The monoisotopic (exact) mass is 367 g/mol. The van der Waals surface area contributed by atoms with Gasteiger partial charge in [-0.2, -0.15) is 0 Å². The fourth-order valence-corrected chi connectivity index (χ4v) is 3.85. The Morgan fingerprint density at radius 3 is 2.65 bits per heavy atom. The van der Waals surface area contributed by atoms with Gasteiger partial charge in [0.05, 0.1) is 19.3 Å². The van der Waals surface area contributed by atoms with E-state index in [4.69, 9.17) is 9.73 Å². The fourth-order valence-electron chi connectivity index (χ4n) is 3.85. The van der Waals surface area contributed by atoms with Crippen LogP contribution in [0.15, 0.2) is 4.99 Å². The van der Waals surface area contributed by atoms with Crippen LogP contribution in [0.25, 0.3) is 0 Å². The van der Waals surface area contributed by atoms with E-state index < -0.39 is 0 Å². The minimum absolute atomic E-state index is 0.215. The quantitative estimate of drug-likeness (QED) is 0.504. The lowest BCUT2D eigenvalue weighted by Crippen LogP contribution is -2.46. The van der Waals surface area contributed by atoms with Crippen LogP contribution in [0.3, 0.4) is 0 Å². The Morgan fingerprint density at radius 1 is 1.19 bits per heavy atom. The first-order valence-electron chi connectivity index (χ1n) is 10.6. The Kier molecular flexibility index (Phi) is 9.72. The fraction of sp³-hybridized carbons (Fsp3) is 0.950. The van der Waals surface area contributed by atoms with Gasteiger partial charge in [0.15, 0.2) is 5.96 Å². The molecule has 2 rings (SSSR count). The maximum absolute atomic E-state index is 5.92. The van der Waals surface area contributed by atoms with E-state index in [-0.39, 0.29) is 6.10 Å². The van der Waals surface area contributed by atoms with Crippen molar-refractivity contribution in [1.29, 1.82) is 0 Å². The molecule has 0 radical (unpaired) electrons. The van der Waals surface area contributed by atoms with Crippen molar-refractivity contribution in [1.82, 2.24) is 20.4 Å². The Bertz CT molecular complexity index is 407. The van der Waals surface area contributed by atoms with Crippen molar-refractivity contribution in [3.63, 3.8) is 0 Å². The molecule has 0 aromatic rings. The zero-order chi connectivity index (χ0) is 18.8. The molecule has 2 aliphatic heterocycles. The van der Waals surface area contributed by atoms with Crippen molar-refractivity contribution in [3.05, 3.63) is 0 Å². The largest absolute Gasteiger partial charge is 0.374 e. The molecule has 0 spiro atoms. The van der Waals surface area contributed by atoms with Crippen LogP contribution in [-0.2, 0) is 4.74 Å². The van der Waals surface area contributed by atoms with E-state index in [2.05, 4.69) is 48.3 Å². The second-order valence-electron chi connectivity index (χ2n) is 8.33. The van der Waals surface area contributed by atoms with Gasteiger partial charge in [0.25, 0.3) is 0 Å². The van der Waals surface area contributed by atoms with Crippen LogP contribution in [0.4, 0.5) is 0 Å². The summed E-state index contributed by atoms with van der Waals surface area (Å²) >= 11 is 0. The lowest BCUT2D eigenvalue weighted by atomic mass is 9.94. The van der Waals surface area contributed by atoms with Gasteiger partial charge in [-0.15, -0.1) is 0 Å². The van der Waals surface area contributed by atoms with Crippen molar-refractivity contribution in [2.75, 3.05) is 66.0 Å². The summed E-state index contributed by atoms with van der Waals surface area (Å²) in [6.45, 7) is 15.8. The molecule has 1 atom stereocenters. The standard InChI is InChI=1S/C20H41N5O/c1-5-21-20(22-9-6-18-7-10-24(4)11-8-18)23-14-19-16-25(12-13-26-19)15-17(2)3/h17-19H,5-16H2,1-4H3,(H2,21,22,23). The SMILES string of the molecule is CCNC(=NCC1CN(CC(C)C)CCO1)NCCC1CCN(C)CC1. The smallest absolute Gasteiger partial charge is 0.191 e. The number of guanidine groups is 1. The molecule has 0 aromatic heterocycles. The summed E-state index contributed by atoms with van der Waals surface area (Å²) in [4.78, 5) is 9.72. The molecule has 152 valence electrons. The highest BCUT2D eigenvalue weighted by Crippen LogP contribution is 2.18. The maximum Gasteiger partial charge on any atom is 0.191 e. The molecule has 2 saturated heterocycles. The third-order valence-corrected chi connectivity index (χ3v) is 5.33. The van der Waals surface area contributed by atoms with Crippen molar-refractivity contribution in [2.45, 2.75) is 46.1 Å². The van der Waals surface area contributed by atoms with Crippen LogP contribution in [0, 0.1) is 11.8 Å². The number of morpholine rings is 1. The van der Waals surface area contributed by atoms with Crippen LogP contribution in [-0.4, -0.2) is 87.9 Å². The first-order chi connectivity index (χ1) is 12.6. The van der Waals surface area contributed by atoms with E-state index in [1.807, 2.05) is 0 Å². The van der Waals surface area contributed by atoms with Crippen molar-refractivity contribution in [2.24, 2.45) is 16.8 Å². The highest BCUT2D eigenvalue weighted by atomic mass is 16.5. The molecule has 6 heteroatoms. The molecule has 2 fully saturated rings. The second-order valence-corrected chi connectivity index (χ2v) is 8.33. The predicted octanol–water partition coefficient (Wildman–Crippen LogP) is 1.63. The Hall–Kier alpha value is -0.850. The summed E-state index contributed by atoms with van der Waals surface area (Å²) < 4.78 is 5.92. The number of ether oxygens (including phenoxy) is 1. The van der Waals surface area contributed by atoms with Gasteiger partial charge in [0.2, 0.25) is 0 Å². The average Bonchev–Trinajstić information content (AvgIpc) is 2.61. The molecule has 0 aromatic carbocycles. The van der Waals surface area contributed by atoms with Crippen molar-refractivity contribution < 1.29 is 4.74 Å². The lowest BCUT2D eigenvalue weighted by Gasteiger charge is -2.33. The first-order valence-corrected chi connectivity index (χ1v) is 10.6. The normalized spacial score (nSPS) is 24.2.